The SMILES string of the molecule is COc1ccc2cc(/C=C/C(=O)O[C@H](C)C(=O)NCc3ccc(F)cc3)ccc2c1. The van der Waals surface area contributed by atoms with Gasteiger partial charge in [0.15, 0.2) is 6.10 Å². The zero-order chi connectivity index (χ0) is 21.5. The van der Waals surface area contributed by atoms with Gasteiger partial charge < -0.3 is 14.8 Å². The van der Waals surface area contributed by atoms with Crippen molar-refractivity contribution in [3.8, 4) is 5.75 Å². The van der Waals surface area contributed by atoms with Crippen LogP contribution in [-0.4, -0.2) is 25.1 Å². The Labute approximate surface area is 174 Å². The Morgan fingerprint density at radius 3 is 2.47 bits per heavy atom. The second-order valence-electron chi connectivity index (χ2n) is 6.73. The summed E-state index contributed by atoms with van der Waals surface area (Å²) < 4.78 is 23.3. The van der Waals surface area contributed by atoms with E-state index in [-0.39, 0.29) is 12.4 Å². The van der Waals surface area contributed by atoms with E-state index in [2.05, 4.69) is 5.32 Å². The summed E-state index contributed by atoms with van der Waals surface area (Å²) >= 11 is 0. The summed E-state index contributed by atoms with van der Waals surface area (Å²) in [4.78, 5) is 24.1. The molecule has 0 saturated carbocycles. The molecule has 30 heavy (non-hydrogen) atoms. The lowest BCUT2D eigenvalue weighted by Crippen LogP contribution is -2.35. The number of hydrogen-bond acceptors (Lipinski definition) is 4. The van der Waals surface area contributed by atoms with Crippen molar-refractivity contribution in [2.45, 2.75) is 19.6 Å². The Balaban J connectivity index is 1.53. The molecule has 0 radical (unpaired) electrons. The molecule has 5 nitrogen and oxygen atoms in total. The van der Waals surface area contributed by atoms with E-state index in [4.69, 9.17) is 9.47 Å². The number of carbonyl (C=O) groups excluding carboxylic acids is 2. The van der Waals surface area contributed by atoms with Gasteiger partial charge >= 0.3 is 5.97 Å². The Bertz CT molecular complexity index is 1080. The highest BCUT2D eigenvalue weighted by molar-refractivity contribution is 5.92. The third-order valence-electron chi connectivity index (χ3n) is 4.53. The Kier molecular flexibility index (Phi) is 6.80. The van der Waals surface area contributed by atoms with Crippen molar-refractivity contribution in [3.63, 3.8) is 0 Å². The van der Waals surface area contributed by atoms with Crippen LogP contribution in [-0.2, 0) is 20.9 Å². The largest absolute Gasteiger partial charge is 0.497 e. The molecule has 1 amide bonds. The molecule has 1 N–H and O–H groups in total. The second-order valence-corrected chi connectivity index (χ2v) is 6.73. The minimum atomic E-state index is -0.952. The molecule has 0 spiro atoms. The number of amides is 1. The van der Waals surface area contributed by atoms with Gasteiger partial charge in [0, 0.05) is 12.6 Å². The number of esters is 1. The molecule has 3 aromatic carbocycles. The highest BCUT2D eigenvalue weighted by atomic mass is 19.1. The molecular formula is C24H22FNO4. The first-order chi connectivity index (χ1) is 14.4. The highest BCUT2D eigenvalue weighted by Gasteiger charge is 2.16. The predicted octanol–water partition coefficient (Wildman–Crippen LogP) is 4.25. The molecule has 0 saturated heterocycles. The van der Waals surface area contributed by atoms with Crippen LogP contribution in [0.2, 0.25) is 0 Å². The maximum Gasteiger partial charge on any atom is 0.331 e. The van der Waals surface area contributed by atoms with Crippen molar-refractivity contribution in [2.24, 2.45) is 0 Å². The first-order valence-corrected chi connectivity index (χ1v) is 9.43. The Morgan fingerprint density at radius 1 is 1.03 bits per heavy atom. The van der Waals surface area contributed by atoms with E-state index < -0.39 is 18.0 Å². The fourth-order valence-corrected chi connectivity index (χ4v) is 2.84. The average Bonchev–Trinajstić information content (AvgIpc) is 2.76. The van der Waals surface area contributed by atoms with E-state index in [0.717, 1.165) is 27.6 Å². The zero-order valence-electron chi connectivity index (χ0n) is 16.7. The van der Waals surface area contributed by atoms with E-state index in [1.54, 1.807) is 25.3 Å². The maximum absolute atomic E-state index is 12.9. The summed E-state index contributed by atoms with van der Waals surface area (Å²) in [6, 6.07) is 17.3. The Morgan fingerprint density at radius 2 is 1.73 bits per heavy atom. The van der Waals surface area contributed by atoms with Gasteiger partial charge in [0.25, 0.3) is 5.91 Å². The molecule has 1 atom stereocenters. The van der Waals surface area contributed by atoms with Crippen LogP contribution in [0.25, 0.3) is 16.8 Å². The quantitative estimate of drug-likeness (QED) is 0.470. The maximum atomic E-state index is 12.9. The molecule has 0 heterocycles. The molecule has 0 bridgehead atoms. The molecule has 3 rings (SSSR count). The fourth-order valence-electron chi connectivity index (χ4n) is 2.84. The van der Waals surface area contributed by atoms with Gasteiger partial charge in [-0.25, -0.2) is 9.18 Å². The molecule has 154 valence electrons. The molecule has 0 aliphatic carbocycles. The molecule has 0 fully saturated rings. The monoisotopic (exact) mass is 407 g/mol. The van der Waals surface area contributed by atoms with E-state index in [0.29, 0.717) is 0 Å². The smallest absolute Gasteiger partial charge is 0.331 e. The summed E-state index contributed by atoms with van der Waals surface area (Å²) in [6.45, 7) is 1.72. The van der Waals surface area contributed by atoms with Crippen molar-refractivity contribution in [3.05, 3.63) is 83.7 Å². The van der Waals surface area contributed by atoms with Crippen LogP contribution in [0.4, 0.5) is 4.39 Å². The lowest BCUT2D eigenvalue weighted by atomic mass is 10.1. The van der Waals surface area contributed by atoms with Crippen molar-refractivity contribution < 1.29 is 23.5 Å². The lowest BCUT2D eigenvalue weighted by molar-refractivity contribution is -0.150. The van der Waals surface area contributed by atoms with Gasteiger partial charge in [0.1, 0.15) is 11.6 Å². The number of ether oxygens (including phenoxy) is 2. The molecule has 0 aliphatic rings. The number of methoxy groups -OCH3 is 1. The van der Waals surface area contributed by atoms with Crippen LogP contribution in [0.5, 0.6) is 5.75 Å². The molecular weight excluding hydrogens is 385 g/mol. The zero-order valence-corrected chi connectivity index (χ0v) is 16.7. The van der Waals surface area contributed by atoms with Crippen LogP contribution in [0.3, 0.4) is 0 Å². The predicted molar refractivity (Wildman–Crippen MR) is 113 cm³/mol. The van der Waals surface area contributed by atoms with Crippen molar-refractivity contribution in [1.82, 2.24) is 5.32 Å². The molecule has 0 aliphatic heterocycles. The minimum absolute atomic E-state index is 0.221. The number of nitrogens with one attached hydrogen (secondary N) is 1. The van der Waals surface area contributed by atoms with Crippen LogP contribution in [0.15, 0.2) is 66.7 Å². The van der Waals surface area contributed by atoms with Gasteiger partial charge in [-0.15, -0.1) is 0 Å². The van der Waals surface area contributed by atoms with Crippen molar-refractivity contribution in [2.75, 3.05) is 7.11 Å². The fraction of sp³-hybridized carbons (Fsp3) is 0.167. The average molecular weight is 407 g/mol. The first-order valence-electron chi connectivity index (χ1n) is 9.43. The van der Waals surface area contributed by atoms with Gasteiger partial charge in [0.05, 0.1) is 7.11 Å². The topological polar surface area (TPSA) is 64.6 Å². The van der Waals surface area contributed by atoms with Crippen LogP contribution in [0.1, 0.15) is 18.1 Å². The highest BCUT2D eigenvalue weighted by Crippen LogP contribution is 2.22. The van der Waals surface area contributed by atoms with Gasteiger partial charge in [-0.05, 0) is 65.2 Å². The van der Waals surface area contributed by atoms with Gasteiger partial charge in [0.2, 0.25) is 0 Å². The molecule has 0 unspecified atom stereocenters. The van der Waals surface area contributed by atoms with E-state index in [9.17, 15) is 14.0 Å². The minimum Gasteiger partial charge on any atom is -0.497 e. The number of halogens is 1. The van der Waals surface area contributed by atoms with Gasteiger partial charge in [-0.2, -0.15) is 0 Å². The number of fused-ring (bicyclic) bond motifs is 1. The molecule has 0 aromatic heterocycles. The third kappa shape index (κ3) is 5.67. The Hall–Kier alpha value is -3.67. The summed E-state index contributed by atoms with van der Waals surface area (Å²) in [6.07, 6.45) is 1.97. The van der Waals surface area contributed by atoms with E-state index >= 15 is 0 Å². The first kappa shape index (κ1) is 21.0. The van der Waals surface area contributed by atoms with Crippen LogP contribution < -0.4 is 10.1 Å². The van der Waals surface area contributed by atoms with Gasteiger partial charge in [-0.3, -0.25) is 4.79 Å². The number of hydrogen-bond donors (Lipinski definition) is 1. The van der Waals surface area contributed by atoms with Crippen molar-refractivity contribution >= 4 is 28.7 Å². The summed E-state index contributed by atoms with van der Waals surface area (Å²) in [7, 11) is 1.62. The summed E-state index contributed by atoms with van der Waals surface area (Å²) in [5.74, 6) is -0.610. The standard InChI is InChI=1S/C24H22FNO4/c1-16(24(28)26-15-18-4-9-21(25)10-5-18)30-23(27)12-6-17-3-7-20-14-22(29-2)11-8-19(20)13-17/h3-14,16H,15H2,1-2H3,(H,26,28)/b12-6+/t16-/m1/s1. The van der Waals surface area contributed by atoms with E-state index in [1.165, 1.54) is 25.1 Å². The van der Waals surface area contributed by atoms with Crippen molar-refractivity contribution in [1.29, 1.82) is 0 Å². The second kappa shape index (κ2) is 9.69. The molecule has 3 aromatic rings. The van der Waals surface area contributed by atoms with Crippen LogP contribution >= 0.6 is 0 Å². The van der Waals surface area contributed by atoms with Gasteiger partial charge in [-0.1, -0.05) is 30.3 Å². The van der Waals surface area contributed by atoms with Crippen LogP contribution in [0, 0.1) is 5.82 Å². The number of rotatable bonds is 7. The number of carbonyl (C=O) groups is 2. The summed E-state index contributed by atoms with van der Waals surface area (Å²) in [5.41, 5.74) is 1.58. The molecule has 6 heteroatoms. The lowest BCUT2D eigenvalue weighted by Gasteiger charge is -2.12. The van der Waals surface area contributed by atoms with E-state index in [1.807, 2.05) is 36.4 Å². The number of benzene rings is 3. The summed E-state index contributed by atoms with van der Waals surface area (Å²) in [5, 5.41) is 4.70. The normalized spacial score (nSPS) is 12.0. The third-order valence-corrected chi connectivity index (χ3v) is 4.53.